The van der Waals surface area contributed by atoms with Gasteiger partial charge < -0.3 is 19.5 Å². The number of aliphatic hydroxyl groups is 1. The van der Waals surface area contributed by atoms with Crippen molar-refractivity contribution in [2.75, 3.05) is 46.4 Å². The number of rotatable bonds is 9. The molecule has 0 spiro atoms. The zero-order chi connectivity index (χ0) is 27.0. The van der Waals surface area contributed by atoms with E-state index in [0.29, 0.717) is 25.4 Å². The van der Waals surface area contributed by atoms with Gasteiger partial charge in [-0.05, 0) is 59.4 Å². The van der Waals surface area contributed by atoms with Crippen LogP contribution in [0.2, 0.25) is 0 Å². The number of methoxy groups -OCH3 is 1. The van der Waals surface area contributed by atoms with Crippen LogP contribution in [0.25, 0.3) is 22.4 Å². The minimum absolute atomic E-state index is 0.000558. The Morgan fingerprint density at radius 3 is 2.56 bits per heavy atom. The summed E-state index contributed by atoms with van der Waals surface area (Å²) in [7, 11) is 1.72. The molecule has 1 unspecified atom stereocenters. The van der Waals surface area contributed by atoms with E-state index in [1.165, 1.54) is 21.9 Å². The lowest BCUT2D eigenvalue weighted by atomic mass is 9.97. The molecule has 3 aromatic rings. The first-order valence-corrected chi connectivity index (χ1v) is 13.9. The predicted octanol–water partition coefficient (Wildman–Crippen LogP) is 5.02. The van der Waals surface area contributed by atoms with Crippen molar-refractivity contribution in [2.45, 2.75) is 31.5 Å². The van der Waals surface area contributed by atoms with Gasteiger partial charge in [-0.15, -0.1) is 0 Å². The van der Waals surface area contributed by atoms with Gasteiger partial charge in [-0.25, -0.2) is 0 Å². The number of likely N-dealkylation sites (tertiary alicyclic amines) is 1. The van der Waals surface area contributed by atoms with Crippen LogP contribution >= 0.6 is 0 Å². The molecular weight excluding hydrogens is 488 g/mol. The topological polar surface area (TPSA) is 62.2 Å². The highest BCUT2D eigenvalue weighted by molar-refractivity contribution is 5.92. The smallest absolute Gasteiger partial charge is 0.246 e. The zero-order valence-corrected chi connectivity index (χ0v) is 22.7. The molecular formula is C33H38N2O4. The lowest BCUT2D eigenvalue weighted by Crippen LogP contribution is -2.39. The van der Waals surface area contributed by atoms with E-state index in [0.717, 1.165) is 37.9 Å². The first kappa shape index (κ1) is 27.1. The van der Waals surface area contributed by atoms with E-state index in [2.05, 4.69) is 53.4 Å². The molecule has 2 aliphatic heterocycles. The van der Waals surface area contributed by atoms with Gasteiger partial charge in [-0.2, -0.15) is 0 Å². The number of carbonyl (C=O) groups excluding carboxylic acids is 1. The number of para-hydroxylation sites is 1. The molecule has 1 amide bonds. The molecule has 6 heteroatoms. The maximum Gasteiger partial charge on any atom is 0.246 e. The average Bonchev–Trinajstić information content (AvgIpc) is 2.99. The van der Waals surface area contributed by atoms with Crippen molar-refractivity contribution in [1.82, 2.24) is 9.80 Å². The van der Waals surface area contributed by atoms with E-state index in [9.17, 15) is 9.90 Å². The van der Waals surface area contributed by atoms with E-state index in [-0.39, 0.29) is 18.6 Å². The Morgan fingerprint density at radius 1 is 1.03 bits per heavy atom. The third-order valence-electron chi connectivity index (χ3n) is 7.73. The summed E-state index contributed by atoms with van der Waals surface area (Å²) in [6.07, 6.45) is 8.01. The molecule has 1 fully saturated rings. The van der Waals surface area contributed by atoms with Crippen LogP contribution in [0.3, 0.4) is 0 Å². The Hall–Kier alpha value is -3.45. The van der Waals surface area contributed by atoms with Crippen LogP contribution in [0.15, 0.2) is 78.9 Å². The highest BCUT2D eigenvalue weighted by atomic mass is 16.5. The number of benzene rings is 3. The summed E-state index contributed by atoms with van der Waals surface area (Å²) in [6, 6.07) is 22.7. The Morgan fingerprint density at radius 2 is 1.79 bits per heavy atom. The van der Waals surface area contributed by atoms with Crippen LogP contribution in [0, 0.1) is 0 Å². The van der Waals surface area contributed by atoms with Crippen molar-refractivity contribution in [3.8, 4) is 5.75 Å². The third kappa shape index (κ3) is 7.15. The van der Waals surface area contributed by atoms with Gasteiger partial charge in [0.25, 0.3) is 0 Å². The third-order valence-corrected chi connectivity index (χ3v) is 7.73. The van der Waals surface area contributed by atoms with E-state index in [4.69, 9.17) is 9.47 Å². The normalized spacial score (nSPS) is 17.9. The van der Waals surface area contributed by atoms with Gasteiger partial charge in [0.1, 0.15) is 18.5 Å². The SMILES string of the molecule is COC1CCN(C(=O)C=Cc2ccccc2OCC(O)CN2CC=C(c3ccc4ccccc4c3)CC2)CC1. The first-order chi connectivity index (χ1) is 19.1. The van der Waals surface area contributed by atoms with E-state index in [1.54, 1.807) is 19.3 Å². The molecule has 0 saturated carbocycles. The number of nitrogens with zero attached hydrogens (tertiary/aromatic N) is 2. The predicted molar refractivity (Wildman–Crippen MR) is 157 cm³/mol. The van der Waals surface area contributed by atoms with Crippen molar-refractivity contribution in [3.05, 3.63) is 90.0 Å². The quantitative estimate of drug-likeness (QED) is 0.397. The summed E-state index contributed by atoms with van der Waals surface area (Å²) >= 11 is 0. The van der Waals surface area contributed by atoms with Gasteiger partial charge in [0.15, 0.2) is 0 Å². The van der Waals surface area contributed by atoms with Crippen molar-refractivity contribution in [1.29, 1.82) is 0 Å². The van der Waals surface area contributed by atoms with Crippen molar-refractivity contribution in [3.63, 3.8) is 0 Å². The number of aliphatic hydroxyl groups excluding tert-OH is 1. The summed E-state index contributed by atoms with van der Waals surface area (Å²) in [5.41, 5.74) is 3.46. The van der Waals surface area contributed by atoms with Crippen LogP contribution in [-0.2, 0) is 9.53 Å². The lowest BCUT2D eigenvalue weighted by molar-refractivity contribution is -0.128. The molecule has 6 nitrogen and oxygen atoms in total. The number of hydrogen-bond donors (Lipinski definition) is 1. The van der Waals surface area contributed by atoms with Gasteiger partial charge in [0.05, 0.1) is 6.10 Å². The fourth-order valence-electron chi connectivity index (χ4n) is 5.39. The van der Waals surface area contributed by atoms with Crippen molar-refractivity contribution >= 4 is 28.3 Å². The molecule has 39 heavy (non-hydrogen) atoms. The maximum atomic E-state index is 12.6. The molecule has 1 saturated heterocycles. The van der Waals surface area contributed by atoms with Crippen LogP contribution in [0.4, 0.5) is 0 Å². The number of piperidine rings is 1. The lowest BCUT2D eigenvalue weighted by Gasteiger charge is -2.30. The number of carbonyl (C=O) groups is 1. The standard InChI is InChI=1S/C33H38N2O4/c1-38-31-16-20-35(21-17-31)33(37)13-12-27-7-4-5-9-32(27)39-24-30(36)23-34-18-14-26(15-19-34)29-11-10-25-6-2-3-8-28(25)22-29/h2-14,22,30-31,36H,15-21,23-24H2,1H3. The molecule has 204 valence electrons. The van der Waals surface area contributed by atoms with Gasteiger partial charge in [0, 0.05) is 51.5 Å². The van der Waals surface area contributed by atoms with Crippen LogP contribution in [0.5, 0.6) is 5.75 Å². The maximum absolute atomic E-state index is 12.6. The van der Waals surface area contributed by atoms with Gasteiger partial charge in [0.2, 0.25) is 5.91 Å². The molecule has 0 aromatic heterocycles. The second-order valence-electron chi connectivity index (χ2n) is 10.4. The monoisotopic (exact) mass is 526 g/mol. The van der Waals surface area contributed by atoms with E-state index < -0.39 is 6.10 Å². The Balaban J connectivity index is 1.11. The second-order valence-corrected chi connectivity index (χ2v) is 10.4. The molecule has 2 aliphatic rings. The highest BCUT2D eigenvalue weighted by Gasteiger charge is 2.21. The van der Waals surface area contributed by atoms with E-state index in [1.807, 2.05) is 29.2 Å². The molecule has 0 bridgehead atoms. The summed E-state index contributed by atoms with van der Waals surface area (Å²) in [5.74, 6) is 0.663. The largest absolute Gasteiger partial charge is 0.490 e. The number of fused-ring (bicyclic) bond motifs is 1. The second kappa shape index (κ2) is 13.1. The average molecular weight is 527 g/mol. The summed E-state index contributed by atoms with van der Waals surface area (Å²) in [5, 5.41) is 13.2. The number of hydrogen-bond acceptors (Lipinski definition) is 5. The molecule has 2 heterocycles. The van der Waals surface area contributed by atoms with Crippen LogP contribution in [-0.4, -0.2) is 79.5 Å². The molecule has 0 aliphatic carbocycles. The van der Waals surface area contributed by atoms with Crippen LogP contribution in [0.1, 0.15) is 30.4 Å². The number of β-amino-alcohol motifs (C(OH)–C–C–N with tert-alkyl or cyclic N) is 1. The van der Waals surface area contributed by atoms with Gasteiger partial charge >= 0.3 is 0 Å². The highest BCUT2D eigenvalue weighted by Crippen LogP contribution is 2.26. The molecule has 0 radical (unpaired) electrons. The minimum Gasteiger partial charge on any atom is -0.490 e. The Bertz CT molecular complexity index is 1330. The summed E-state index contributed by atoms with van der Waals surface area (Å²) in [4.78, 5) is 16.8. The molecule has 5 rings (SSSR count). The fourth-order valence-corrected chi connectivity index (χ4v) is 5.39. The fraction of sp³-hybridized carbons (Fsp3) is 0.364. The molecule has 1 atom stereocenters. The van der Waals surface area contributed by atoms with Gasteiger partial charge in [-0.3, -0.25) is 9.69 Å². The number of amides is 1. The zero-order valence-electron chi connectivity index (χ0n) is 22.7. The van der Waals surface area contributed by atoms with E-state index >= 15 is 0 Å². The summed E-state index contributed by atoms with van der Waals surface area (Å²) < 4.78 is 11.4. The van der Waals surface area contributed by atoms with Crippen LogP contribution < -0.4 is 4.74 Å². The first-order valence-electron chi connectivity index (χ1n) is 13.9. The minimum atomic E-state index is -0.610. The van der Waals surface area contributed by atoms with Crippen molar-refractivity contribution in [2.24, 2.45) is 0 Å². The van der Waals surface area contributed by atoms with Crippen molar-refractivity contribution < 1.29 is 19.4 Å². The Kier molecular flexibility index (Phi) is 9.09. The number of ether oxygens (including phenoxy) is 2. The Labute approximate surface area is 231 Å². The van der Waals surface area contributed by atoms with Gasteiger partial charge in [-0.1, -0.05) is 60.7 Å². The molecule has 1 N–H and O–H groups in total. The molecule has 3 aromatic carbocycles. The summed E-state index contributed by atoms with van der Waals surface area (Å²) in [6.45, 7) is 3.88.